The van der Waals surface area contributed by atoms with Crippen molar-refractivity contribution in [3.8, 4) is 0 Å². The Morgan fingerprint density at radius 2 is 1.77 bits per heavy atom. The fourth-order valence-electron chi connectivity index (χ4n) is 4.61. The highest BCUT2D eigenvalue weighted by molar-refractivity contribution is 8.04. The van der Waals surface area contributed by atoms with Crippen molar-refractivity contribution < 1.29 is 24.2 Å². The maximum absolute atomic E-state index is 13.3. The number of aliphatic hydroxyl groups excluding tert-OH is 1. The number of cyclic esters (lactones) is 1. The maximum atomic E-state index is 13.3. The van der Waals surface area contributed by atoms with Gasteiger partial charge in [0.2, 0.25) is 0 Å². The molecule has 2 aromatic carbocycles. The lowest BCUT2D eigenvalue weighted by atomic mass is 9.83. The molecule has 0 saturated carbocycles. The number of ketones is 1. The van der Waals surface area contributed by atoms with E-state index in [1.54, 1.807) is 0 Å². The number of hydrogen-bond acceptors (Lipinski definition) is 7. The number of esters is 1. The van der Waals surface area contributed by atoms with Crippen LogP contribution in [0.3, 0.4) is 0 Å². The van der Waals surface area contributed by atoms with Crippen molar-refractivity contribution in [1.82, 2.24) is 4.90 Å². The number of ether oxygens (including phenoxy) is 2. The molecule has 2 heterocycles. The largest absolute Gasteiger partial charge is 0.511 e. The summed E-state index contributed by atoms with van der Waals surface area (Å²) in [5.74, 6) is -0.175. The highest BCUT2D eigenvalue weighted by Crippen LogP contribution is 2.46. The zero-order valence-electron chi connectivity index (χ0n) is 20.4. The lowest BCUT2D eigenvalue weighted by Gasteiger charge is -2.37. The zero-order chi connectivity index (χ0) is 24.8. The quantitative estimate of drug-likeness (QED) is 0.480. The van der Waals surface area contributed by atoms with Crippen LogP contribution in [0.25, 0.3) is 0 Å². The van der Waals surface area contributed by atoms with Crippen LogP contribution in [0.1, 0.15) is 50.2 Å². The lowest BCUT2D eigenvalue weighted by Crippen LogP contribution is -2.41. The second-order valence-corrected chi connectivity index (χ2v) is 10.5. The molecular formula is C28H33NO5S. The molecule has 7 heteroatoms. The number of rotatable bonds is 9. The molecule has 0 radical (unpaired) electrons. The van der Waals surface area contributed by atoms with E-state index in [2.05, 4.69) is 18.7 Å². The summed E-state index contributed by atoms with van der Waals surface area (Å²) in [7, 11) is 0. The molecule has 0 aromatic heterocycles. The predicted octanol–water partition coefficient (Wildman–Crippen LogP) is 5.20. The summed E-state index contributed by atoms with van der Waals surface area (Å²) in [4.78, 5) is 29.3. The highest BCUT2D eigenvalue weighted by Gasteiger charge is 2.44. The Kier molecular flexibility index (Phi) is 8.31. The molecule has 2 aliphatic rings. The van der Waals surface area contributed by atoms with E-state index in [0.717, 1.165) is 29.1 Å². The Hall–Kier alpha value is -2.61. The van der Waals surface area contributed by atoms with Crippen molar-refractivity contribution in [1.29, 1.82) is 0 Å². The van der Waals surface area contributed by atoms with E-state index >= 15 is 0 Å². The van der Waals surface area contributed by atoms with E-state index < -0.39 is 11.6 Å². The first-order valence-corrected chi connectivity index (χ1v) is 13.0. The van der Waals surface area contributed by atoms with Crippen molar-refractivity contribution in [3.05, 3.63) is 76.4 Å². The molecule has 0 aliphatic carbocycles. The van der Waals surface area contributed by atoms with E-state index in [1.165, 1.54) is 11.8 Å². The van der Waals surface area contributed by atoms with Crippen LogP contribution in [-0.4, -0.2) is 54.6 Å². The Bertz CT molecular complexity index is 1080. The zero-order valence-corrected chi connectivity index (χ0v) is 21.2. The minimum Gasteiger partial charge on any atom is -0.511 e. The lowest BCUT2D eigenvalue weighted by molar-refractivity contribution is -0.161. The van der Waals surface area contributed by atoms with Crippen LogP contribution < -0.4 is 0 Å². The van der Waals surface area contributed by atoms with Crippen molar-refractivity contribution in [2.75, 3.05) is 32.8 Å². The summed E-state index contributed by atoms with van der Waals surface area (Å²) in [6, 6.07) is 17.3. The molecule has 0 amide bonds. The van der Waals surface area contributed by atoms with E-state index in [1.807, 2.05) is 54.6 Å². The third-order valence-electron chi connectivity index (χ3n) is 6.55. The topological polar surface area (TPSA) is 76.1 Å². The summed E-state index contributed by atoms with van der Waals surface area (Å²) in [5, 5.41) is 11.1. The van der Waals surface area contributed by atoms with Gasteiger partial charge in [0.1, 0.15) is 22.0 Å². The Labute approximate surface area is 211 Å². The number of morpholine rings is 1. The van der Waals surface area contributed by atoms with E-state index in [9.17, 15) is 14.7 Å². The molecule has 1 N–H and O–H groups in total. The van der Waals surface area contributed by atoms with Crippen LogP contribution in [0.15, 0.2) is 70.2 Å². The molecule has 1 unspecified atom stereocenters. The number of hydrogen-bond donors (Lipinski definition) is 1. The van der Waals surface area contributed by atoms with Gasteiger partial charge in [0.15, 0.2) is 0 Å². The molecule has 6 nitrogen and oxygen atoms in total. The monoisotopic (exact) mass is 495 g/mol. The second kappa shape index (κ2) is 11.4. The van der Waals surface area contributed by atoms with E-state index in [0.29, 0.717) is 26.2 Å². The van der Waals surface area contributed by atoms with Gasteiger partial charge in [-0.2, -0.15) is 0 Å². The molecule has 35 heavy (non-hydrogen) atoms. The van der Waals surface area contributed by atoms with Crippen LogP contribution >= 0.6 is 11.8 Å². The van der Waals surface area contributed by atoms with Gasteiger partial charge in [-0.25, -0.2) is 4.79 Å². The number of carbonyl (C=O) groups excluding carboxylic acids is 2. The summed E-state index contributed by atoms with van der Waals surface area (Å²) >= 11 is 1.25. The molecule has 1 saturated heterocycles. The van der Waals surface area contributed by atoms with Gasteiger partial charge in [0.05, 0.1) is 26.2 Å². The SMILES string of the molecule is CC(C)c1ccccc1SC1=C(O)CC(CCC(=O)CN2CCOCC2)(c2ccccc2)OC1=O. The minimum absolute atomic E-state index is 0.00860. The smallest absolute Gasteiger partial charge is 0.349 e. The Balaban J connectivity index is 1.55. The first-order valence-electron chi connectivity index (χ1n) is 12.2. The van der Waals surface area contributed by atoms with Crippen LogP contribution in [0.5, 0.6) is 0 Å². The number of thioether (sulfide) groups is 1. The molecule has 186 valence electrons. The van der Waals surface area contributed by atoms with Crippen molar-refractivity contribution in [2.24, 2.45) is 0 Å². The van der Waals surface area contributed by atoms with E-state index in [4.69, 9.17) is 9.47 Å². The predicted molar refractivity (Wildman–Crippen MR) is 136 cm³/mol. The molecule has 1 atom stereocenters. The standard InChI is InChI=1S/C28H33NO5S/c1-20(2)23-10-6-7-11-25(23)35-26-24(31)18-28(34-27(26)32,21-8-4-3-5-9-21)13-12-22(30)19-29-14-16-33-17-15-29/h3-11,20,31H,12-19H2,1-2H3. The van der Waals surface area contributed by atoms with Crippen LogP contribution in [-0.2, 0) is 24.7 Å². The number of Topliss-reactive ketones (excluding diaryl/α,β-unsaturated/α-hetero) is 1. The van der Waals surface area contributed by atoms with E-state index in [-0.39, 0.29) is 35.2 Å². The number of benzene rings is 2. The Morgan fingerprint density at radius 1 is 1.09 bits per heavy atom. The second-order valence-electron chi connectivity index (χ2n) is 9.42. The average molecular weight is 496 g/mol. The summed E-state index contributed by atoms with van der Waals surface area (Å²) < 4.78 is 11.5. The fraction of sp³-hybridized carbons (Fsp3) is 0.429. The van der Waals surface area contributed by atoms with Crippen molar-refractivity contribution in [2.45, 2.75) is 49.5 Å². The third kappa shape index (κ3) is 6.15. The summed E-state index contributed by atoms with van der Waals surface area (Å²) in [5.41, 5.74) is 0.815. The molecule has 0 spiro atoms. The molecular weight excluding hydrogens is 462 g/mol. The van der Waals surface area contributed by atoms with Crippen molar-refractivity contribution in [3.63, 3.8) is 0 Å². The van der Waals surface area contributed by atoms with Crippen LogP contribution in [0.4, 0.5) is 0 Å². The Morgan fingerprint density at radius 3 is 2.46 bits per heavy atom. The number of aliphatic hydroxyl groups is 1. The van der Waals surface area contributed by atoms with Gasteiger partial charge in [-0.3, -0.25) is 9.69 Å². The highest BCUT2D eigenvalue weighted by atomic mass is 32.2. The van der Waals surface area contributed by atoms with Gasteiger partial charge >= 0.3 is 5.97 Å². The third-order valence-corrected chi connectivity index (χ3v) is 7.75. The maximum Gasteiger partial charge on any atom is 0.349 e. The number of nitrogens with zero attached hydrogens (tertiary/aromatic N) is 1. The first kappa shape index (κ1) is 25.5. The van der Waals surface area contributed by atoms with Gasteiger partial charge in [0.25, 0.3) is 0 Å². The van der Waals surface area contributed by atoms with Gasteiger partial charge in [-0.05, 0) is 29.5 Å². The van der Waals surface area contributed by atoms with Gasteiger partial charge in [0, 0.05) is 24.4 Å². The average Bonchev–Trinajstić information content (AvgIpc) is 2.86. The minimum atomic E-state index is -1.08. The molecule has 4 rings (SSSR count). The van der Waals surface area contributed by atoms with Crippen molar-refractivity contribution >= 4 is 23.5 Å². The number of carbonyl (C=O) groups is 2. The van der Waals surface area contributed by atoms with Crippen LogP contribution in [0, 0.1) is 0 Å². The first-order chi connectivity index (χ1) is 16.9. The molecule has 2 aliphatic heterocycles. The molecule has 2 aromatic rings. The molecule has 0 bridgehead atoms. The molecule has 1 fully saturated rings. The summed E-state index contributed by atoms with van der Waals surface area (Å²) in [6.45, 7) is 7.31. The van der Waals surface area contributed by atoms with Crippen LogP contribution in [0.2, 0.25) is 0 Å². The summed E-state index contributed by atoms with van der Waals surface area (Å²) in [6.07, 6.45) is 0.710. The van der Waals surface area contributed by atoms with Gasteiger partial charge < -0.3 is 14.6 Å². The van der Waals surface area contributed by atoms with Gasteiger partial charge in [-0.1, -0.05) is 74.1 Å². The normalized spacial score (nSPS) is 21.3. The van der Waals surface area contributed by atoms with Gasteiger partial charge in [-0.15, -0.1) is 0 Å². The fourth-order valence-corrected chi connectivity index (χ4v) is 5.71.